The smallest absolute Gasteiger partial charge is 0.259 e. The molecule has 3 rings (SSSR count). The molecule has 0 aromatic carbocycles. The summed E-state index contributed by atoms with van der Waals surface area (Å²) in [4.78, 5) is 34.0. The summed E-state index contributed by atoms with van der Waals surface area (Å²) in [5.74, 6) is 1.26. The molecule has 2 aromatic heterocycles. The minimum atomic E-state index is -0.0559. The highest BCUT2D eigenvalue weighted by Gasteiger charge is 2.23. The van der Waals surface area contributed by atoms with Crippen LogP contribution in [0, 0.1) is 5.92 Å². The van der Waals surface area contributed by atoms with Crippen LogP contribution < -0.4 is 16.2 Å². The number of aryl methyl sites for hydroxylation is 2. The number of amides is 1. The molecule has 0 fully saturated rings. The van der Waals surface area contributed by atoms with Gasteiger partial charge in [0.1, 0.15) is 10.7 Å². The quantitative estimate of drug-likeness (QED) is 0.624. The lowest BCUT2D eigenvalue weighted by atomic mass is 9.89. The van der Waals surface area contributed by atoms with Crippen LogP contribution in [0.5, 0.6) is 0 Å². The molecule has 2 heterocycles. The Bertz CT molecular complexity index is 817. The third-order valence-electron chi connectivity index (χ3n) is 4.68. The number of H-pyrrole nitrogens is 1. The van der Waals surface area contributed by atoms with Crippen LogP contribution in [0.3, 0.4) is 0 Å². The minimum Gasteiger partial charge on any atom is -0.355 e. The summed E-state index contributed by atoms with van der Waals surface area (Å²) in [6.07, 6.45) is 3.93. The molecule has 1 aliphatic rings. The van der Waals surface area contributed by atoms with Crippen molar-refractivity contribution in [1.29, 1.82) is 0 Å². The van der Waals surface area contributed by atoms with Crippen LogP contribution in [0.1, 0.15) is 43.0 Å². The van der Waals surface area contributed by atoms with Gasteiger partial charge in [0, 0.05) is 30.8 Å². The molecule has 144 valence electrons. The largest absolute Gasteiger partial charge is 0.355 e. The fourth-order valence-corrected chi connectivity index (χ4v) is 4.70. The minimum absolute atomic E-state index is 0. The number of halogens is 1. The molecule has 0 saturated carbocycles. The van der Waals surface area contributed by atoms with E-state index in [1.807, 2.05) is 6.92 Å². The van der Waals surface area contributed by atoms with Gasteiger partial charge in [0.05, 0.1) is 5.39 Å². The second-order valence-electron chi connectivity index (χ2n) is 6.75. The molecule has 0 radical (unpaired) electrons. The van der Waals surface area contributed by atoms with Gasteiger partial charge in [-0.1, -0.05) is 13.8 Å². The SMILES string of the molecule is CCNCCNC(=O)CCc1nc2sc3c(c2c(=O)[nH]1)CCC(C)C3.Cl. The molecule has 2 aromatic rings. The first-order chi connectivity index (χ1) is 12.1. The van der Waals surface area contributed by atoms with Crippen LogP contribution in [-0.4, -0.2) is 35.5 Å². The van der Waals surface area contributed by atoms with Crippen molar-refractivity contribution in [2.24, 2.45) is 5.92 Å². The molecular weight excluding hydrogens is 372 g/mol. The lowest BCUT2D eigenvalue weighted by Gasteiger charge is -2.17. The number of aromatic nitrogens is 2. The van der Waals surface area contributed by atoms with Crippen molar-refractivity contribution in [1.82, 2.24) is 20.6 Å². The zero-order valence-corrected chi connectivity index (χ0v) is 16.9. The van der Waals surface area contributed by atoms with E-state index in [2.05, 4.69) is 27.5 Å². The number of hydrogen-bond acceptors (Lipinski definition) is 5. The summed E-state index contributed by atoms with van der Waals surface area (Å²) in [6, 6.07) is 0. The van der Waals surface area contributed by atoms with Crippen molar-refractivity contribution in [3.63, 3.8) is 0 Å². The maximum absolute atomic E-state index is 12.5. The van der Waals surface area contributed by atoms with Crippen LogP contribution in [0.4, 0.5) is 0 Å². The summed E-state index contributed by atoms with van der Waals surface area (Å²) in [7, 11) is 0. The van der Waals surface area contributed by atoms with Gasteiger partial charge >= 0.3 is 0 Å². The van der Waals surface area contributed by atoms with Gasteiger partial charge in [0.25, 0.3) is 5.56 Å². The van der Waals surface area contributed by atoms with Crippen LogP contribution >= 0.6 is 23.7 Å². The first-order valence-corrected chi connectivity index (χ1v) is 9.91. The van der Waals surface area contributed by atoms with Crippen LogP contribution in [-0.2, 0) is 24.1 Å². The number of likely N-dealkylation sites (N-methyl/N-ethyl adjacent to an activating group) is 1. The maximum atomic E-state index is 12.5. The Hall–Kier alpha value is -1.44. The first-order valence-electron chi connectivity index (χ1n) is 9.09. The molecule has 26 heavy (non-hydrogen) atoms. The highest BCUT2D eigenvalue weighted by Crippen LogP contribution is 2.35. The number of fused-ring (bicyclic) bond motifs is 3. The average Bonchev–Trinajstić information content (AvgIpc) is 2.94. The predicted molar refractivity (Wildman–Crippen MR) is 109 cm³/mol. The molecule has 1 unspecified atom stereocenters. The van der Waals surface area contributed by atoms with E-state index in [1.165, 1.54) is 10.4 Å². The van der Waals surface area contributed by atoms with Gasteiger partial charge in [0.2, 0.25) is 5.91 Å². The molecule has 6 nitrogen and oxygen atoms in total. The second-order valence-corrected chi connectivity index (χ2v) is 7.83. The highest BCUT2D eigenvalue weighted by molar-refractivity contribution is 7.18. The van der Waals surface area contributed by atoms with Gasteiger partial charge in [0.15, 0.2) is 0 Å². The summed E-state index contributed by atoms with van der Waals surface area (Å²) in [5, 5.41) is 6.79. The summed E-state index contributed by atoms with van der Waals surface area (Å²) >= 11 is 1.65. The van der Waals surface area contributed by atoms with Crippen molar-refractivity contribution < 1.29 is 4.79 Å². The molecule has 1 aliphatic carbocycles. The topological polar surface area (TPSA) is 86.9 Å². The van der Waals surface area contributed by atoms with Crippen LogP contribution in [0.15, 0.2) is 4.79 Å². The Morgan fingerprint density at radius 2 is 2.19 bits per heavy atom. The zero-order chi connectivity index (χ0) is 17.8. The van der Waals surface area contributed by atoms with Crippen molar-refractivity contribution in [2.45, 2.75) is 46.0 Å². The molecular formula is C18H27ClN4O2S. The Morgan fingerprint density at radius 1 is 1.38 bits per heavy atom. The Morgan fingerprint density at radius 3 is 2.96 bits per heavy atom. The molecule has 1 atom stereocenters. The number of aromatic amines is 1. The van der Waals surface area contributed by atoms with E-state index >= 15 is 0 Å². The number of rotatable bonds is 7. The normalized spacial score (nSPS) is 16.2. The van der Waals surface area contributed by atoms with Gasteiger partial charge in [-0.3, -0.25) is 9.59 Å². The number of nitrogens with zero attached hydrogens (tertiary/aromatic N) is 1. The second kappa shape index (κ2) is 9.48. The number of hydrogen-bond donors (Lipinski definition) is 3. The number of carbonyl (C=O) groups is 1. The van der Waals surface area contributed by atoms with Gasteiger partial charge < -0.3 is 15.6 Å². The molecule has 0 bridgehead atoms. The fraction of sp³-hybridized carbons (Fsp3) is 0.611. The molecule has 0 aliphatic heterocycles. The molecule has 0 spiro atoms. The van der Waals surface area contributed by atoms with Crippen LogP contribution in [0.25, 0.3) is 10.2 Å². The van der Waals surface area contributed by atoms with E-state index in [1.54, 1.807) is 11.3 Å². The van der Waals surface area contributed by atoms with Crippen molar-refractivity contribution >= 4 is 39.9 Å². The zero-order valence-electron chi connectivity index (χ0n) is 15.3. The molecule has 0 saturated heterocycles. The lowest BCUT2D eigenvalue weighted by Crippen LogP contribution is -2.32. The summed E-state index contributed by atoms with van der Waals surface area (Å²) in [6.45, 7) is 6.56. The lowest BCUT2D eigenvalue weighted by molar-refractivity contribution is -0.121. The van der Waals surface area contributed by atoms with Crippen molar-refractivity contribution in [2.75, 3.05) is 19.6 Å². The molecule has 3 N–H and O–H groups in total. The number of thiophene rings is 1. The van der Waals surface area contributed by atoms with Crippen molar-refractivity contribution in [3.8, 4) is 0 Å². The number of nitrogens with one attached hydrogen (secondary N) is 3. The third kappa shape index (κ3) is 4.84. The molecule has 1 amide bonds. The number of carbonyl (C=O) groups excluding carboxylic acids is 1. The van der Waals surface area contributed by atoms with Gasteiger partial charge in [-0.15, -0.1) is 23.7 Å². The van der Waals surface area contributed by atoms with Gasteiger partial charge in [-0.25, -0.2) is 4.98 Å². The standard InChI is InChI=1S/C18H26N4O2S.ClH/c1-3-19-8-9-20-15(23)7-6-14-21-17(24)16-12-5-4-11(2)10-13(12)25-18(16)22-14;/h11,19H,3-10H2,1-2H3,(H,20,23)(H,21,22,24);1H. The van der Waals surface area contributed by atoms with Gasteiger partial charge in [-0.2, -0.15) is 0 Å². The van der Waals surface area contributed by atoms with Crippen LogP contribution in [0.2, 0.25) is 0 Å². The van der Waals surface area contributed by atoms with E-state index in [-0.39, 0.29) is 23.9 Å². The summed E-state index contributed by atoms with van der Waals surface area (Å²) < 4.78 is 0. The Kier molecular flexibility index (Phi) is 7.61. The summed E-state index contributed by atoms with van der Waals surface area (Å²) in [5.41, 5.74) is 1.14. The molecule has 8 heteroatoms. The van der Waals surface area contributed by atoms with E-state index in [0.29, 0.717) is 31.1 Å². The van der Waals surface area contributed by atoms with Crippen molar-refractivity contribution in [3.05, 3.63) is 26.6 Å². The Balaban J connectivity index is 0.00000243. The Labute approximate surface area is 163 Å². The van der Waals surface area contributed by atoms with E-state index in [0.717, 1.165) is 42.6 Å². The maximum Gasteiger partial charge on any atom is 0.259 e. The highest BCUT2D eigenvalue weighted by atomic mass is 35.5. The third-order valence-corrected chi connectivity index (χ3v) is 5.83. The predicted octanol–water partition coefficient (Wildman–Crippen LogP) is 2.19. The van der Waals surface area contributed by atoms with E-state index in [9.17, 15) is 9.59 Å². The first kappa shape index (κ1) is 20.9. The average molecular weight is 399 g/mol. The van der Waals surface area contributed by atoms with E-state index in [4.69, 9.17) is 0 Å². The monoisotopic (exact) mass is 398 g/mol. The fourth-order valence-electron chi connectivity index (χ4n) is 3.30. The van der Waals surface area contributed by atoms with Gasteiger partial charge in [-0.05, 0) is 37.3 Å². The van der Waals surface area contributed by atoms with E-state index < -0.39 is 0 Å².